The lowest BCUT2D eigenvalue weighted by Crippen LogP contribution is -2.41. The summed E-state index contributed by atoms with van der Waals surface area (Å²) in [5, 5.41) is 15.6. The molecule has 0 unspecified atom stereocenters. The standard InChI is InChI=1S/C27H33N3O5/c1-27(2,3)35-26(34)29-15-20(31)14-24(32)30-12-10-17-13-18(7-8-19(17)16-30)21-5-4-6-23-22(21)9-11-28-25(23)33/h4-8,13,20,31H,9-12,14-16H2,1-3H3,(H,28,33)(H,29,34)/t20-/m1/s1. The highest BCUT2D eigenvalue weighted by Crippen LogP contribution is 2.31. The van der Waals surface area contributed by atoms with Crippen LogP contribution in [0.3, 0.4) is 0 Å². The van der Waals surface area contributed by atoms with Crippen LogP contribution in [0.4, 0.5) is 4.79 Å². The van der Waals surface area contributed by atoms with Crippen molar-refractivity contribution >= 4 is 17.9 Å². The predicted octanol–water partition coefficient (Wildman–Crippen LogP) is 2.80. The number of nitrogens with one attached hydrogen (secondary N) is 2. The van der Waals surface area contributed by atoms with E-state index in [-0.39, 0.29) is 24.8 Å². The van der Waals surface area contributed by atoms with Gasteiger partial charge in [-0.25, -0.2) is 4.79 Å². The molecular formula is C27H33N3O5. The zero-order valence-corrected chi connectivity index (χ0v) is 20.5. The number of fused-ring (bicyclic) bond motifs is 2. The summed E-state index contributed by atoms with van der Waals surface area (Å²) in [6.45, 7) is 6.92. The van der Waals surface area contributed by atoms with Crippen LogP contribution >= 0.6 is 0 Å². The first-order chi connectivity index (χ1) is 16.6. The number of amides is 3. The van der Waals surface area contributed by atoms with Crippen molar-refractivity contribution in [3.63, 3.8) is 0 Å². The van der Waals surface area contributed by atoms with Crippen LogP contribution in [-0.2, 0) is 28.9 Å². The summed E-state index contributed by atoms with van der Waals surface area (Å²) in [4.78, 5) is 38.5. The average molecular weight is 480 g/mol. The summed E-state index contributed by atoms with van der Waals surface area (Å²) in [6, 6.07) is 12.1. The van der Waals surface area contributed by atoms with Gasteiger partial charge in [-0.2, -0.15) is 0 Å². The number of aliphatic hydroxyl groups excluding tert-OH is 1. The molecular weight excluding hydrogens is 446 g/mol. The molecule has 0 saturated heterocycles. The number of ether oxygens (including phenoxy) is 1. The van der Waals surface area contributed by atoms with Crippen molar-refractivity contribution in [3.05, 3.63) is 58.7 Å². The third-order valence-corrected chi connectivity index (χ3v) is 6.25. The highest BCUT2D eigenvalue weighted by Gasteiger charge is 2.25. The van der Waals surface area contributed by atoms with E-state index in [0.29, 0.717) is 19.6 Å². The zero-order valence-electron chi connectivity index (χ0n) is 20.5. The van der Waals surface area contributed by atoms with Crippen LogP contribution in [0.5, 0.6) is 0 Å². The Morgan fingerprint density at radius 2 is 1.91 bits per heavy atom. The van der Waals surface area contributed by atoms with E-state index in [1.165, 1.54) is 5.56 Å². The first-order valence-electron chi connectivity index (χ1n) is 12.1. The Kier molecular flexibility index (Phi) is 7.12. The Morgan fingerprint density at radius 3 is 2.69 bits per heavy atom. The number of hydrogen-bond donors (Lipinski definition) is 3. The Morgan fingerprint density at radius 1 is 1.14 bits per heavy atom. The second-order valence-electron chi connectivity index (χ2n) is 10.1. The highest BCUT2D eigenvalue weighted by molar-refractivity contribution is 5.98. The summed E-state index contributed by atoms with van der Waals surface area (Å²) in [7, 11) is 0. The van der Waals surface area contributed by atoms with Gasteiger partial charge in [-0.1, -0.05) is 30.3 Å². The van der Waals surface area contributed by atoms with Crippen molar-refractivity contribution in [1.82, 2.24) is 15.5 Å². The van der Waals surface area contributed by atoms with Gasteiger partial charge in [0.15, 0.2) is 0 Å². The number of rotatable bonds is 5. The summed E-state index contributed by atoms with van der Waals surface area (Å²) in [5.41, 5.74) is 5.63. The number of aliphatic hydroxyl groups is 1. The number of benzene rings is 2. The predicted molar refractivity (Wildman–Crippen MR) is 132 cm³/mol. The minimum atomic E-state index is -0.986. The maximum absolute atomic E-state index is 12.8. The normalized spacial score (nSPS) is 16.0. The molecule has 4 rings (SSSR count). The van der Waals surface area contributed by atoms with E-state index in [4.69, 9.17) is 4.74 Å². The molecule has 2 aliphatic heterocycles. The van der Waals surface area contributed by atoms with Gasteiger partial charge in [0.2, 0.25) is 5.91 Å². The van der Waals surface area contributed by atoms with Gasteiger partial charge in [-0.15, -0.1) is 0 Å². The molecule has 0 saturated carbocycles. The zero-order chi connectivity index (χ0) is 25.2. The van der Waals surface area contributed by atoms with Gasteiger partial charge in [-0.05, 0) is 67.5 Å². The monoisotopic (exact) mass is 479 g/mol. The lowest BCUT2D eigenvalue weighted by molar-refractivity contribution is -0.134. The van der Waals surface area contributed by atoms with Crippen molar-refractivity contribution in [1.29, 1.82) is 0 Å². The first-order valence-corrected chi connectivity index (χ1v) is 12.1. The molecule has 0 spiro atoms. The molecule has 0 aromatic heterocycles. The minimum Gasteiger partial charge on any atom is -0.444 e. The lowest BCUT2D eigenvalue weighted by Gasteiger charge is -2.30. The minimum absolute atomic E-state index is 0.0244. The Balaban J connectivity index is 1.37. The van der Waals surface area contributed by atoms with Crippen molar-refractivity contribution < 1.29 is 24.2 Å². The molecule has 0 bridgehead atoms. The van der Waals surface area contributed by atoms with Crippen LogP contribution < -0.4 is 10.6 Å². The quantitative estimate of drug-likeness (QED) is 0.611. The van der Waals surface area contributed by atoms with E-state index < -0.39 is 17.8 Å². The van der Waals surface area contributed by atoms with Gasteiger partial charge in [0.05, 0.1) is 12.5 Å². The van der Waals surface area contributed by atoms with Gasteiger partial charge in [0.25, 0.3) is 5.91 Å². The van der Waals surface area contributed by atoms with Gasteiger partial charge in [0, 0.05) is 31.7 Å². The van der Waals surface area contributed by atoms with E-state index >= 15 is 0 Å². The van der Waals surface area contributed by atoms with Gasteiger partial charge in [0.1, 0.15) is 5.60 Å². The van der Waals surface area contributed by atoms with Crippen molar-refractivity contribution in [2.45, 2.75) is 58.3 Å². The van der Waals surface area contributed by atoms with Crippen LogP contribution in [-0.4, -0.2) is 59.3 Å². The molecule has 3 N–H and O–H groups in total. The van der Waals surface area contributed by atoms with E-state index in [2.05, 4.69) is 28.8 Å². The lowest BCUT2D eigenvalue weighted by atomic mass is 9.88. The van der Waals surface area contributed by atoms with Gasteiger partial charge < -0.3 is 25.4 Å². The third-order valence-electron chi connectivity index (χ3n) is 6.25. The molecule has 0 aliphatic carbocycles. The van der Waals surface area contributed by atoms with Gasteiger partial charge >= 0.3 is 6.09 Å². The van der Waals surface area contributed by atoms with Crippen molar-refractivity contribution in [2.75, 3.05) is 19.6 Å². The summed E-state index contributed by atoms with van der Waals surface area (Å²) < 4.78 is 5.15. The second kappa shape index (κ2) is 10.1. The fourth-order valence-corrected chi connectivity index (χ4v) is 4.59. The maximum Gasteiger partial charge on any atom is 0.407 e. The molecule has 0 fully saturated rings. The number of alkyl carbamates (subject to hydrolysis) is 1. The molecule has 3 amide bonds. The largest absolute Gasteiger partial charge is 0.444 e. The summed E-state index contributed by atoms with van der Waals surface area (Å²) >= 11 is 0. The van der Waals surface area contributed by atoms with Crippen LogP contribution in [0.15, 0.2) is 36.4 Å². The molecule has 2 heterocycles. The average Bonchev–Trinajstić information content (AvgIpc) is 2.81. The van der Waals surface area contributed by atoms with Crippen LogP contribution in [0.25, 0.3) is 11.1 Å². The summed E-state index contributed by atoms with van der Waals surface area (Å²) in [5.74, 6) is -0.176. The molecule has 1 atom stereocenters. The van der Waals surface area contributed by atoms with E-state index in [0.717, 1.165) is 40.7 Å². The second-order valence-corrected chi connectivity index (χ2v) is 10.1. The Labute approximate surface area is 205 Å². The molecule has 186 valence electrons. The highest BCUT2D eigenvalue weighted by atomic mass is 16.6. The molecule has 35 heavy (non-hydrogen) atoms. The van der Waals surface area contributed by atoms with Crippen molar-refractivity contribution in [2.24, 2.45) is 0 Å². The van der Waals surface area contributed by atoms with Crippen LogP contribution in [0, 0.1) is 0 Å². The molecule has 2 aromatic rings. The number of hydrogen-bond acceptors (Lipinski definition) is 5. The first kappa shape index (κ1) is 24.7. The molecule has 8 nitrogen and oxygen atoms in total. The third kappa shape index (κ3) is 6.00. The van der Waals surface area contributed by atoms with Gasteiger partial charge in [-0.3, -0.25) is 9.59 Å². The molecule has 2 aromatic carbocycles. The molecule has 2 aliphatic rings. The number of nitrogens with zero attached hydrogens (tertiary/aromatic N) is 1. The SMILES string of the molecule is CC(C)(C)OC(=O)NC[C@H](O)CC(=O)N1CCc2cc(-c3cccc4c3CCNC4=O)ccc2C1. The Hall–Kier alpha value is -3.39. The smallest absolute Gasteiger partial charge is 0.407 e. The van der Waals surface area contributed by atoms with Crippen LogP contribution in [0.2, 0.25) is 0 Å². The van der Waals surface area contributed by atoms with Crippen LogP contribution in [0.1, 0.15) is 54.2 Å². The fourth-order valence-electron chi connectivity index (χ4n) is 4.59. The van der Waals surface area contributed by atoms with E-state index in [1.807, 2.05) is 18.2 Å². The summed E-state index contributed by atoms with van der Waals surface area (Å²) in [6.07, 6.45) is -0.146. The molecule has 8 heteroatoms. The van der Waals surface area contributed by atoms with E-state index in [1.54, 1.807) is 25.7 Å². The topological polar surface area (TPSA) is 108 Å². The number of carbonyl (C=O) groups excluding carboxylic acids is 3. The fraction of sp³-hybridized carbons (Fsp3) is 0.444. The van der Waals surface area contributed by atoms with Crippen molar-refractivity contribution in [3.8, 4) is 11.1 Å². The molecule has 0 radical (unpaired) electrons. The number of carbonyl (C=O) groups is 3. The maximum atomic E-state index is 12.8. The van der Waals surface area contributed by atoms with E-state index in [9.17, 15) is 19.5 Å². The Bertz CT molecular complexity index is 1140.